The highest BCUT2D eigenvalue weighted by Crippen LogP contribution is 2.08. The van der Waals surface area contributed by atoms with Crippen LogP contribution in [0.4, 0.5) is 0 Å². The lowest BCUT2D eigenvalue weighted by Gasteiger charge is -2.15. The van der Waals surface area contributed by atoms with Crippen molar-refractivity contribution in [1.29, 1.82) is 0 Å². The number of allylic oxidation sites excluding steroid dienone is 1. The van der Waals surface area contributed by atoms with Gasteiger partial charge in [0.05, 0.1) is 0 Å². The van der Waals surface area contributed by atoms with E-state index in [4.69, 9.17) is 5.11 Å². The summed E-state index contributed by atoms with van der Waals surface area (Å²) in [6.07, 6.45) is 10.2. The fourth-order valence-corrected chi connectivity index (χ4v) is 1.72. The van der Waals surface area contributed by atoms with Crippen LogP contribution in [0.2, 0.25) is 0 Å². The number of rotatable bonds is 9. The summed E-state index contributed by atoms with van der Waals surface area (Å²) in [5.74, 6) is -0.751. The van der Waals surface area contributed by atoms with E-state index in [1.54, 1.807) is 7.05 Å². The molecule has 94 valence electrons. The van der Waals surface area contributed by atoms with Crippen molar-refractivity contribution >= 4 is 5.97 Å². The Kier molecular flexibility index (Phi) is 8.91. The largest absolute Gasteiger partial charge is 0.480 e. The summed E-state index contributed by atoms with van der Waals surface area (Å²) in [6, 6.07) is -0.480. The van der Waals surface area contributed by atoms with Gasteiger partial charge in [0.1, 0.15) is 6.04 Å². The Hall–Kier alpha value is -0.830. The zero-order valence-corrected chi connectivity index (χ0v) is 10.7. The maximum absolute atomic E-state index is 10.8. The Bertz CT molecular complexity index is 214. The number of unbranched alkanes of at least 4 members (excludes halogenated alkanes) is 4. The Morgan fingerprint density at radius 2 is 2.06 bits per heavy atom. The molecule has 16 heavy (non-hydrogen) atoms. The quantitative estimate of drug-likeness (QED) is 0.470. The second-order valence-corrected chi connectivity index (χ2v) is 4.24. The predicted molar refractivity (Wildman–Crippen MR) is 67.5 cm³/mol. The molecule has 0 spiro atoms. The fraction of sp³-hybridized carbons (Fsp3) is 0.769. The lowest BCUT2D eigenvalue weighted by Crippen LogP contribution is -2.38. The molecule has 3 heteroatoms. The van der Waals surface area contributed by atoms with Gasteiger partial charge in [-0.3, -0.25) is 4.79 Å². The molecule has 2 unspecified atom stereocenters. The molecule has 0 fully saturated rings. The first-order valence-corrected chi connectivity index (χ1v) is 6.20. The number of likely N-dealkylation sites (N-methyl/N-ethyl adjacent to an activating group) is 1. The first kappa shape index (κ1) is 15.2. The van der Waals surface area contributed by atoms with Gasteiger partial charge in [-0.15, -0.1) is 0 Å². The summed E-state index contributed by atoms with van der Waals surface area (Å²) in [7, 11) is 1.68. The molecule has 0 rings (SSSR count). The van der Waals surface area contributed by atoms with Crippen molar-refractivity contribution in [3.8, 4) is 0 Å². The molecule has 0 aromatic carbocycles. The van der Waals surface area contributed by atoms with E-state index in [-0.39, 0.29) is 5.92 Å². The molecule has 0 heterocycles. The third-order valence-corrected chi connectivity index (χ3v) is 2.77. The highest BCUT2D eigenvalue weighted by Gasteiger charge is 2.19. The fourth-order valence-electron chi connectivity index (χ4n) is 1.72. The zero-order valence-electron chi connectivity index (χ0n) is 10.7. The number of hydrogen-bond donors (Lipinski definition) is 2. The monoisotopic (exact) mass is 227 g/mol. The third kappa shape index (κ3) is 6.62. The van der Waals surface area contributed by atoms with Gasteiger partial charge >= 0.3 is 5.97 Å². The molecule has 0 bridgehead atoms. The number of carboxylic acid groups (broad SMARTS) is 1. The lowest BCUT2D eigenvalue weighted by molar-refractivity contribution is -0.140. The molecule has 0 aliphatic heterocycles. The standard InChI is InChI=1S/C13H25NO2/c1-4-5-6-7-8-9-10-11(2)12(14-3)13(15)16/h9-12,14H,4-8H2,1-3H3,(H,15,16)/b10-9-. The van der Waals surface area contributed by atoms with Crippen LogP contribution in [-0.4, -0.2) is 24.2 Å². The average Bonchev–Trinajstić information content (AvgIpc) is 2.23. The Morgan fingerprint density at radius 3 is 2.56 bits per heavy atom. The number of carboxylic acids is 1. The Morgan fingerprint density at radius 1 is 1.38 bits per heavy atom. The minimum absolute atomic E-state index is 0.0358. The molecule has 0 saturated heterocycles. The summed E-state index contributed by atoms with van der Waals surface area (Å²) in [5, 5.41) is 11.7. The van der Waals surface area contributed by atoms with Crippen LogP contribution in [0.5, 0.6) is 0 Å². The van der Waals surface area contributed by atoms with Gasteiger partial charge in [0.2, 0.25) is 0 Å². The Balaban J connectivity index is 3.79. The van der Waals surface area contributed by atoms with Crippen LogP contribution in [-0.2, 0) is 4.79 Å². The van der Waals surface area contributed by atoms with Gasteiger partial charge in [0, 0.05) is 5.92 Å². The maximum Gasteiger partial charge on any atom is 0.321 e. The molecule has 0 radical (unpaired) electrons. The SMILES string of the molecule is CCCCCC/C=C\C(C)C(NC)C(=O)O. The van der Waals surface area contributed by atoms with Gasteiger partial charge in [0.25, 0.3) is 0 Å². The molecule has 2 N–H and O–H groups in total. The van der Waals surface area contributed by atoms with Crippen molar-refractivity contribution < 1.29 is 9.90 Å². The van der Waals surface area contributed by atoms with Crippen molar-refractivity contribution in [2.24, 2.45) is 5.92 Å². The highest BCUT2D eigenvalue weighted by atomic mass is 16.4. The van der Waals surface area contributed by atoms with Crippen molar-refractivity contribution in [2.75, 3.05) is 7.05 Å². The molecular formula is C13H25NO2. The molecule has 0 aliphatic carbocycles. The maximum atomic E-state index is 10.8. The van der Waals surface area contributed by atoms with Gasteiger partial charge in [-0.2, -0.15) is 0 Å². The zero-order chi connectivity index (χ0) is 12.4. The number of aliphatic carboxylic acids is 1. The van der Waals surface area contributed by atoms with E-state index >= 15 is 0 Å². The van der Waals surface area contributed by atoms with Crippen molar-refractivity contribution in [3.05, 3.63) is 12.2 Å². The van der Waals surface area contributed by atoms with Crippen molar-refractivity contribution in [3.63, 3.8) is 0 Å². The first-order valence-electron chi connectivity index (χ1n) is 6.20. The van der Waals surface area contributed by atoms with Gasteiger partial charge < -0.3 is 10.4 Å². The molecule has 0 aliphatic rings. The summed E-state index contributed by atoms with van der Waals surface area (Å²) >= 11 is 0. The van der Waals surface area contributed by atoms with E-state index in [0.29, 0.717) is 0 Å². The summed E-state index contributed by atoms with van der Waals surface area (Å²) in [5.41, 5.74) is 0. The van der Waals surface area contributed by atoms with E-state index in [1.807, 2.05) is 13.0 Å². The van der Waals surface area contributed by atoms with Crippen LogP contribution in [0.15, 0.2) is 12.2 Å². The van der Waals surface area contributed by atoms with E-state index in [2.05, 4.69) is 18.3 Å². The normalized spacial score (nSPS) is 15.2. The minimum atomic E-state index is -0.786. The van der Waals surface area contributed by atoms with E-state index in [0.717, 1.165) is 6.42 Å². The van der Waals surface area contributed by atoms with Crippen molar-refractivity contribution in [1.82, 2.24) is 5.32 Å². The summed E-state index contributed by atoms with van der Waals surface area (Å²) in [6.45, 7) is 4.13. The number of nitrogens with one attached hydrogen (secondary N) is 1. The number of hydrogen-bond acceptors (Lipinski definition) is 2. The van der Waals surface area contributed by atoms with E-state index < -0.39 is 12.0 Å². The number of carbonyl (C=O) groups is 1. The van der Waals surface area contributed by atoms with Crippen LogP contribution in [0.1, 0.15) is 46.0 Å². The minimum Gasteiger partial charge on any atom is -0.480 e. The summed E-state index contributed by atoms with van der Waals surface area (Å²) < 4.78 is 0. The lowest BCUT2D eigenvalue weighted by atomic mass is 10.0. The van der Waals surface area contributed by atoms with Gasteiger partial charge in [-0.25, -0.2) is 0 Å². The van der Waals surface area contributed by atoms with Crippen LogP contribution in [0.3, 0.4) is 0 Å². The van der Waals surface area contributed by atoms with E-state index in [9.17, 15) is 4.79 Å². The topological polar surface area (TPSA) is 49.3 Å². The van der Waals surface area contributed by atoms with Gasteiger partial charge in [-0.1, -0.05) is 45.3 Å². The van der Waals surface area contributed by atoms with Crippen LogP contribution < -0.4 is 5.32 Å². The molecule has 0 saturated carbocycles. The molecule has 0 aromatic heterocycles. The van der Waals surface area contributed by atoms with E-state index in [1.165, 1.54) is 25.7 Å². The average molecular weight is 227 g/mol. The highest BCUT2D eigenvalue weighted by molar-refractivity contribution is 5.74. The van der Waals surface area contributed by atoms with Crippen LogP contribution in [0.25, 0.3) is 0 Å². The van der Waals surface area contributed by atoms with Crippen LogP contribution >= 0.6 is 0 Å². The molecule has 3 nitrogen and oxygen atoms in total. The van der Waals surface area contributed by atoms with Gasteiger partial charge in [-0.05, 0) is 19.9 Å². The van der Waals surface area contributed by atoms with Gasteiger partial charge in [0.15, 0.2) is 0 Å². The smallest absolute Gasteiger partial charge is 0.321 e. The second-order valence-electron chi connectivity index (χ2n) is 4.24. The summed E-state index contributed by atoms with van der Waals surface area (Å²) in [4.78, 5) is 10.8. The van der Waals surface area contributed by atoms with Crippen LogP contribution in [0, 0.1) is 5.92 Å². The van der Waals surface area contributed by atoms with Crippen molar-refractivity contribution in [2.45, 2.75) is 52.0 Å². The first-order chi connectivity index (χ1) is 7.63. The molecule has 0 aromatic rings. The third-order valence-electron chi connectivity index (χ3n) is 2.77. The molecule has 0 amide bonds. The predicted octanol–water partition coefficient (Wildman–Crippen LogP) is 2.82. The Labute approximate surface area is 98.9 Å². The molecular weight excluding hydrogens is 202 g/mol. The second kappa shape index (κ2) is 9.40. The molecule has 2 atom stereocenters.